The van der Waals surface area contributed by atoms with Gasteiger partial charge in [0.05, 0.1) is 13.2 Å². The highest BCUT2D eigenvalue weighted by Gasteiger charge is 2.71. The molecule has 0 saturated carbocycles. The third kappa shape index (κ3) is 5.12. The number of morpholine rings is 1. The molecule has 1 N–H and O–H groups in total. The maximum Gasteiger partial charge on any atom is 0.430 e. The summed E-state index contributed by atoms with van der Waals surface area (Å²) in [5, 5.41) is 19.1. The van der Waals surface area contributed by atoms with E-state index in [9.17, 15) is 41.5 Å². The van der Waals surface area contributed by atoms with Crippen molar-refractivity contribution >= 4 is 12.0 Å². The average molecular weight is 515 g/mol. The van der Waals surface area contributed by atoms with E-state index in [2.05, 4.69) is 0 Å². The van der Waals surface area contributed by atoms with Gasteiger partial charge in [-0.3, -0.25) is 4.79 Å². The minimum atomic E-state index is -5.98. The van der Waals surface area contributed by atoms with Gasteiger partial charge in [0.15, 0.2) is 0 Å². The van der Waals surface area contributed by atoms with Crippen LogP contribution in [0, 0.1) is 11.3 Å². The summed E-state index contributed by atoms with van der Waals surface area (Å²) in [6.45, 7) is 5.03. The Morgan fingerprint density at radius 3 is 2.11 bits per heavy atom. The lowest BCUT2D eigenvalue weighted by Gasteiger charge is -2.32. The summed E-state index contributed by atoms with van der Waals surface area (Å²) in [5.41, 5.74) is -5.21. The number of nitrogens with zero attached hydrogens (tertiary/aromatic N) is 3. The number of hydrogen-bond acceptors (Lipinski definition) is 4. The molecule has 36 heavy (non-hydrogen) atoms. The lowest BCUT2D eigenvalue weighted by molar-refractivity contribution is -0.376. The molecule has 2 heterocycles. The maximum absolute atomic E-state index is 13.2. The Morgan fingerprint density at radius 1 is 1.08 bits per heavy atom. The number of ether oxygens (including phenoxy) is 1. The summed E-state index contributed by atoms with van der Waals surface area (Å²) in [6, 6.07) is 6.74. The number of nitriles is 1. The van der Waals surface area contributed by atoms with Crippen molar-refractivity contribution in [2.75, 3.05) is 26.3 Å². The first-order chi connectivity index (χ1) is 16.7. The van der Waals surface area contributed by atoms with Crippen LogP contribution in [0.4, 0.5) is 26.3 Å². The molecule has 0 atom stereocenters. The van der Waals surface area contributed by atoms with Crippen molar-refractivity contribution in [3.05, 3.63) is 58.9 Å². The van der Waals surface area contributed by atoms with Crippen molar-refractivity contribution in [3.63, 3.8) is 0 Å². The molecule has 0 aliphatic carbocycles. The zero-order valence-corrected chi connectivity index (χ0v) is 19.3. The van der Waals surface area contributed by atoms with Gasteiger partial charge in [0.2, 0.25) is 0 Å². The first-order valence-electron chi connectivity index (χ1n) is 10.9. The van der Waals surface area contributed by atoms with E-state index in [1.807, 2.05) is 19.9 Å². The molecule has 12 heteroatoms. The van der Waals surface area contributed by atoms with Crippen LogP contribution in [-0.4, -0.2) is 59.1 Å². The van der Waals surface area contributed by atoms with E-state index < -0.39 is 29.4 Å². The van der Waals surface area contributed by atoms with Crippen molar-refractivity contribution in [1.29, 1.82) is 5.26 Å². The highest BCUT2D eigenvalue weighted by atomic mass is 19.4. The van der Waals surface area contributed by atoms with Crippen molar-refractivity contribution < 1.29 is 41.0 Å². The first-order valence-corrected chi connectivity index (χ1v) is 10.9. The van der Waals surface area contributed by atoms with Gasteiger partial charge in [0.1, 0.15) is 11.6 Å². The molecule has 1 saturated heterocycles. The summed E-state index contributed by atoms with van der Waals surface area (Å²) in [7, 11) is 0. The number of amides is 1. The van der Waals surface area contributed by atoms with E-state index in [0.29, 0.717) is 49.7 Å². The van der Waals surface area contributed by atoms with Crippen LogP contribution in [0.2, 0.25) is 0 Å². The van der Waals surface area contributed by atoms with Gasteiger partial charge in [-0.2, -0.15) is 31.6 Å². The topological polar surface area (TPSA) is 78.5 Å². The van der Waals surface area contributed by atoms with Crippen LogP contribution in [0.1, 0.15) is 36.6 Å². The number of aliphatic hydroxyl groups is 1. The van der Waals surface area contributed by atoms with E-state index in [1.165, 1.54) is 21.7 Å². The number of carbonyl (C=O) groups is 1. The van der Waals surface area contributed by atoms with Gasteiger partial charge in [-0.25, -0.2) is 0 Å². The molecule has 1 fully saturated rings. The van der Waals surface area contributed by atoms with Gasteiger partial charge in [-0.1, -0.05) is 26.0 Å². The number of halogens is 6. The number of rotatable bonds is 5. The number of carbonyl (C=O) groups excluding carboxylic acids is 1. The summed E-state index contributed by atoms with van der Waals surface area (Å²) in [5.74, 6) is -0.600. The number of hydrogen-bond donors (Lipinski definition) is 1. The largest absolute Gasteiger partial charge is 0.430 e. The molecule has 3 rings (SSSR count). The standard InChI is InChI=1S/C24H23F6N3O3/c1-15(2)20-12-16(11-17(13-31)21(34)32-7-9-36-10-8-32)14-33(20)19-5-3-18(4-6-19)22(35,23(25,26)27)24(28,29)30/h3-6,11-12,14-15,35H,7-10H2,1-2H3/b17-11+. The third-order valence-electron chi connectivity index (χ3n) is 5.81. The van der Waals surface area contributed by atoms with Crippen LogP contribution in [0.25, 0.3) is 11.8 Å². The van der Waals surface area contributed by atoms with Crippen LogP contribution in [-0.2, 0) is 15.1 Å². The fourth-order valence-electron chi connectivity index (χ4n) is 3.85. The quantitative estimate of drug-likeness (QED) is 0.357. The number of aromatic nitrogens is 1. The Morgan fingerprint density at radius 2 is 1.64 bits per heavy atom. The monoisotopic (exact) mass is 515 g/mol. The normalized spacial score (nSPS) is 15.8. The number of benzene rings is 1. The molecular weight excluding hydrogens is 492 g/mol. The molecule has 1 amide bonds. The minimum absolute atomic E-state index is 0.125. The van der Waals surface area contributed by atoms with Crippen molar-refractivity contribution in [2.45, 2.75) is 37.7 Å². The second-order valence-corrected chi connectivity index (χ2v) is 8.55. The molecule has 6 nitrogen and oxygen atoms in total. The third-order valence-corrected chi connectivity index (χ3v) is 5.81. The molecule has 1 aromatic heterocycles. The average Bonchev–Trinajstić information content (AvgIpc) is 3.25. The van der Waals surface area contributed by atoms with Gasteiger partial charge in [-0.05, 0) is 35.8 Å². The smallest absolute Gasteiger partial charge is 0.378 e. The van der Waals surface area contributed by atoms with E-state index in [0.717, 1.165) is 12.1 Å². The van der Waals surface area contributed by atoms with Crippen molar-refractivity contribution in [3.8, 4) is 11.8 Å². The molecule has 0 spiro atoms. The minimum Gasteiger partial charge on any atom is -0.378 e. The molecule has 1 aromatic carbocycles. The summed E-state index contributed by atoms with van der Waals surface area (Å²) < 4.78 is 85.9. The van der Waals surface area contributed by atoms with Gasteiger partial charge >= 0.3 is 12.4 Å². The zero-order valence-electron chi connectivity index (χ0n) is 19.3. The van der Waals surface area contributed by atoms with E-state index >= 15 is 0 Å². The lowest BCUT2D eigenvalue weighted by atomic mass is 9.92. The molecule has 0 radical (unpaired) electrons. The van der Waals surface area contributed by atoms with E-state index in [4.69, 9.17) is 4.74 Å². The van der Waals surface area contributed by atoms with Crippen LogP contribution in [0.3, 0.4) is 0 Å². The van der Waals surface area contributed by atoms with Crippen LogP contribution >= 0.6 is 0 Å². The van der Waals surface area contributed by atoms with Gasteiger partial charge in [0.25, 0.3) is 11.5 Å². The molecule has 2 aromatic rings. The molecular formula is C24H23F6N3O3. The predicted molar refractivity (Wildman–Crippen MR) is 117 cm³/mol. The second kappa shape index (κ2) is 9.99. The molecule has 0 unspecified atom stereocenters. The highest BCUT2D eigenvalue weighted by Crippen LogP contribution is 2.50. The Bertz CT molecular complexity index is 1150. The van der Waals surface area contributed by atoms with Gasteiger partial charge in [0, 0.05) is 36.2 Å². The van der Waals surface area contributed by atoms with Crippen molar-refractivity contribution in [1.82, 2.24) is 9.47 Å². The fourth-order valence-corrected chi connectivity index (χ4v) is 3.85. The van der Waals surface area contributed by atoms with Gasteiger partial charge in [-0.15, -0.1) is 0 Å². The summed E-state index contributed by atoms with van der Waals surface area (Å²) in [6.07, 6.45) is -9.07. The van der Waals surface area contributed by atoms with Crippen molar-refractivity contribution in [2.24, 2.45) is 0 Å². The summed E-state index contributed by atoms with van der Waals surface area (Å²) >= 11 is 0. The van der Waals surface area contributed by atoms with E-state index in [1.54, 1.807) is 6.07 Å². The Labute approximate surface area is 203 Å². The zero-order chi connectivity index (χ0) is 26.9. The first kappa shape index (κ1) is 27.3. The molecule has 1 aliphatic rings. The molecule has 194 valence electrons. The SMILES string of the molecule is CC(C)c1cc(/C=C(\C#N)C(=O)N2CCOCC2)cn1-c1ccc(C(O)(C(F)(F)F)C(F)(F)F)cc1. The Kier molecular flexibility index (Phi) is 7.57. The van der Waals surface area contributed by atoms with E-state index in [-0.39, 0.29) is 17.2 Å². The van der Waals surface area contributed by atoms with Gasteiger partial charge < -0.3 is 19.3 Å². The fraction of sp³-hybridized carbons (Fsp3) is 0.417. The maximum atomic E-state index is 13.2. The Balaban J connectivity index is 2.00. The molecule has 1 aliphatic heterocycles. The highest BCUT2D eigenvalue weighted by molar-refractivity contribution is 6.01. The molecule has 0 bridgehead atoms. The number of alkyl halides is 6. The van der Waals surface area contributed by atoms with Crippen LogP contribution < -0.4 is 0 Å². The predicted octanol–water partition coefficient (Wildman–Crippen LogP) is 4.68. The summed E-state index contributed by atoms with van der Waals surface area (Å²) in [4.78, 5) is 14.2. The lowest BCUT2D eigenvalue weighted by Crippen LogP contribution is -2.53. The Hall–Kier alpha value is -3.30. The second-order valence-electron chi connectivity index (χ2n) is 8.55. The van der Waals surface area contributed by atoms with Crippen LogP contribution in [0.5, 0.6) is 0 Å². The van der Waals surface area contributed by atoms with Crippen LogP contribution in [0.15, 0.2) is 42.1 Å².